The number of hydrogen-bond donors (Lipinski definition) is 0. The van der Waals surface area contributed by atoms with E-state index in [0.29, 0.717) is 5.92 Å². The van der Waals surface area contributed by atoms with E-state index in [1.165, 1.54) is 29.3 Å². The topological polar surface area (TPSA) is 17.1 Å². The minimum Gasteiger partial charge on any atom is -0.289 e. The Morgan fingerprint density at radius 1 is 1.00 bits per heavy atom. The van der Waals surface area contributed by atoms with E-state index < -0.39 is 0 Å². The summed E-state index contributed by atoms with van der Waals surface area (Å²) in [6.45, 7) is 2.25. The lowest BCUT2D eigenvalue weighted by atomic mass is 9.92. The number of carbonyl (C=O) groups excluding carboxylic acids is 1. The molecule has 0 saturated carbocycles. The highest BCUT2D eigenvalue weighted by atomic mass is 127. The van der Waals surface area contributed by atoms with Crippen LogP contribution in [0.25, 0.3) is 0 Å². The van der Waals surface area contributed by atoms with Gasteiger partial charge in [-0.25, -0.2) is 0 Å². The Morgan fingerprint density at radius 2 is 1.71 bits per heavy atom. The van der Waals surface area contributed by atoms with Gasteiger partial charge in [-0.2, -0.15) is 0 Å². The van der Waals surface area contributed by atoms with Gasteiger partial charge in [0.1, 0.15) is 0 Å². The number of benzene rings is 2. The van der Waals surface area contributed by atoms with Crippen molar-refractivity contribution in [1.82, 2.24) is 0 Å². The van der Waals surface area contributed by atoms with Gasteiger partial charge in [-0.05, 0) is 34.8 Å². The largest absolute Gasteiger partial charge is 0.289 e. The van der Waals surface area contributed by atoms with Crippen molar-refractivity contribution in [3.63, 3.8) is 0 Å². The average Bonchev–Trinajstić information content (AvgIpc) is 2.55. The normalized spacial score (nSPS) is 12.1. The van der Waals surface area contributed by atoms with Crippen LogP contribution in [0.1, 0.15) is 53.6 Å². The van der Waals surface area contributed by atoms with Gasteiger partial charge in [-0.1, -0.05) is 84.5 Å². The van der Waals surface area contributed by atoms with Crippen LogP contribution in [-0.4, -0.2) is 10.2 Å². The third-order valence-electron chi connectivity index (χ3n) is 3.77. The molecule has 0 bridgehead atoms. The number of hydrogen-bond acceptors (Lipinski definition) is 1. The first-order valence-corrected chi connectivity index (χ1v) is 9.00. The molecule has 110 valence electrons. The van der Waals surface area contributed by atoms with Crippen LogP contribution in [0.5, 0.6) is 0 Å². The van der Waals surface area contributed by atoms with Crippen molar-refractivity contribution in [3.05, 3.63) is 71.3 Å². The molecule has 0 saturated heterocycles. The fourth-order valence-corrected chi connectivity index (χ4v) is 2.99. The van der Waals surface area contributed by atoms with Gasteiger partial charge in [-0.3, -0.25) is 4.79 Å². The zero-order chi connectivity index (χ0) is 15.1. The molecule has 0 aliphatic rings. The summed E-state index contributed by atoms with van der Waals surface area (Å²) >= 11 is 2.42. The summed E-state index contributed by atoms with van der Waals surface area (Å²) in [6, 6.07) is 17.6. The van der Waals surface area contributed by atoms with Crippen molar-refractivity contribution < 1.29 is 4.79 Å². The van der Waals surface area contributed by atoms with Crippen LogP contribution in [0, 0.1) is 0 Å². The lowest BCUT2D eigenvalue weighted by Gasteiger charge is -2.12. The first-order chi connectivity index (χ1) is 10.2. The predicted molar refractivity (Wildman–Crippen MR) is 97.5 cm³/mol. The predicted octanol–water partition coefficient (Wildman–Crippen LogP) is 5.63. The van der Waals surface area contributed by atoms with Gasteiger partial charge in [0.25, 0.3) is 0 Å². The summed E-state index contributed by atoms with van der Waals surface area (Å²) in [6.07, 6.45) is 3.71. The summed E-state index contributed by atoms with van der Waals surface area (Å²) in [5.74, 6) is 0.619. The quantitative estimate of drug-likeness (QED) is 0.259. The minimum atomic E-state index is 0.108. The molecule has 0 N–H and O–H groups in total. The molecule has 2 aromatic rings. The van der Waals surface area contributed by atoms with Gasteiger partial charge in [-0.15, -0.1) is 0 Å². The number of unbranched alkanes of at least 4 members (excludes halogenated alkanes) is 1. The molecule has 0 radical (unpaired) electrons. The first kappa shape index (κ1) is 16.2. The van der Waals surface area contributed by atoms with Crippen molar-refractivity contribution in [3.8, 4) is 0 Å². The van der Waals surface area contributed by atoms with Crippen molar-refractivity contribution >= 4 is 28.4 Å². The monoisotopic (exact) mass is 392 g/mol. The van der Waals surface area contributed by atoms with Crippen molar-refractivity contribution in [2.24, 2.45) is 0 Å². The highest BCUT2D eigenvalue weighted by Crippen LogP contribution is 2.23. The van der Waals surface area contributed by atoms with E-state index in [0.717, 1.165) is 11.1 Å². The zero-order valence-corrected chi connectivity index (χ0v) is 14.5. The molecule has 0 amide bonds. The summed E-state index contributed by atoms with van der Waals surface area (Å²) in [5, 5.41) is 0. The Kier molecular flexibility index (Phi) is 6.43. The lowest BCUT2D eigenvalue weighted by Crippen LogP contribution is -2.03. The molecule has 0 fully saturated rings. The second-order valence-electron chi connectivity index (χ2n) is 5.41. The molecule has 0 aromatic heterocycles. The number of alkyl halides is 1. The second-order valence-corrected chi connectivity index (χ2v) is 6.49. The van der Waals surface area contributed by atoms with E-state index in [1.54, 1.807) is 0 Å². The second kappa shape index (κ2) is 8.32. The molecule has 2 rings (SSSR count). The molecule has 0 aliphatic carbocycles. The molecule has 1 unspecified atom stereocenters. The highest BCUT2D eigenvalue weighted by Gasteiger charge is 2.11. The lowest BCUT2D eigenvalue weighted by molar-refractivity contribution is 0.103. The summed E-state index contributed by atoms with van der Waals surface area (Å²) in [5.41, 5.74) is 2.82. The van der Waals surface area contributed by atoms with Crippen LogP contribution in [0.15, 0.2) is 54.6 Å². The van der Waals surface area contributed by atoms with Crippen LogP contribution in [0.2, 0.25) is 0 Å². The number of ketones is 1. The molecule has 21 heavy (non-hydrogen) atoms. The van der Waals surface area contributed by atoms with E-state index in [1.807, 2.05) is 42.5 Å². The van der Waals surface area contributed by atoms with Crippen molar-refractivity contribution in [1.29, 1.82) is 0 Å². The van der Waals surface area contributed by atoms with Gasteiger partial charge < -0.3 is 0 Å². The van der Waals surface area contributed by atoms with Crippen LogP contribution < -0.4 is 0 Å². The van der Waals surface area contributed by atoms with E-state index >= 15 is 0 Å². The van der Waals surface area contributed by atoms with Gasteiger partial charge in [0.15, 0.2) is 5.78 Å². The average molecular weight is 392 g/mol. The van der Waals surface area contributed by atoms with Gasteiger partial charge >= 0.3 is 0 Å². The Labute approximate surface area is 140 Å². The molecule has 2 aromatic carbocycles. The number of carbonyl (C=O) groups is 1. The molecular weight excluding hydrogens is 371 g/mol. The maximum atomic E-state index is 12.5. The maximum absolute atomic E-state index is 12.5. The summed E-state index contributed by atoms with van der Waals surface area (Å²) < 4.78 is 1.22. The standard InChI is InChI=1S/C19H21IO/c1-15(8-5-6-13-20)17-11-7-12-18(14-17)19(21)16-9-3-2-4-10-16/h2-4,7,9-12,14-15H,5-6,8,13H2,1H3. The third-order valence-corrected chi connectivity index (χ3v) is 4.54. The Hall–Kier alpha value is -1.16. The molecule has 0 aliphatic heterocycles. The van der Waals surface area contributed by atoms with Gasteiger partial charge in [0.2, 0.25) is 0 Å². The zero-order valence-electron chi connectivity index (χ0n) is 12.4. The van der Waals surface area contributed by atoms with E-state index in [-0.39, 0.29) is 5.78 Å². The molecule has 1 nitrogen and oxygen atoms in total. The van der Waals surface area contributed by atoms with E-state index in [9.17, 15) is 4.79 Å². The fraction of sp³-hybridized carbons (Fsp3) is 0.316. The molecular formula is C19H21IO. The van der Waals surface area contributed by atoms with Crippen molar-refractivity contribution in [2.45, 2.75) is 32.1 Å². The molecule has 0 spiro atoms. The van der Waals surface area contributed by atoms with Crippen LogP contribution in [0.3, 0.4) is 0 Å². The smallest absolute Gasteiger partial charge is 0.193 e. The van der Waals surface area contributed by atoms with E-state index in [4.69, 9.17) is 0 Å². The number of halogens is 1. The van der Waals surface area contributed by atoms with Crippen LogP contribution >= 0.6 is 22.6 Å². The Morgan fingerprint density at radius 3 is 2.43 bits per heavy atom. The first-order valence-electron chi connectivity index (χ1n) is 7.48. The van der Waals surface area contributed by atoms with E-state index in [2.05, 4.69) is 41.6 Å². The fourth-order valence-electron chi connectivity index (χ4n) is 2.45. The molecule has 0 heterocycles. The molecule has 2 heteroatoms. The summed E-state index contributed by atoms with van der Waals surface area (Å²) in [7, 11) is 0. The highest BCUT2D eigenvalue weighted by molar-refractivity contribution is 14.1. The Balaban J connectivity index is 2.12. The Bertz CT molecular complexity index is 577. The minimum absolute atomic E-state index is 0.108. The SMILES string of the molecule is CC(CCCCI)c1cccc(C(=O)c2ccccc2)c1. The summed E-state index contributed by atoms with van der Waals surface area (Å²) in [4.78, 5) is 12.5. The van der Waals surface area contributed by atoms with Crippen LogP contribution in [-0.2, 0) is 0 Å². The van der Waals surface area contributed by atoms with Crippen LogP contribution in [0.4, 0.5) is 0 Å². The maximum Gasteiger partial charge on any atom is 0.193 e. The van der Waals surface area contributed by atoms with Gasteiger partial charge in [0.05, 0.1) is 0 Å². The number of rotatable bonds is 7. The molecule has 1 atom stereocenters. The van der Waals surface area contributed by atoms with Gasteiger partial charge in [0, 0.05) is 11.1 Å². The van der Waals surface area contributed by atoms with Crippen molar-refractivity contribution in [2.75, 3.05) is 4.43 Å². The third kappa shape index (κ3) is 4.67.